The molecule has 1 aromatic carbocycles. The molecule has 0 saturated heterocycles. The van der Waals surface area contributed by atoms with Gasteiger partial charge in [-0.15, -0.1) is 0 Å². The van der Waals surface area contributed by atoms with Crippen LogP contribution in [0.1, 0.15) is 42.9 Å². The first-order chi connectivity index (χ1) is 9.22. The number of nitrogens with two attached hydrogens (primary N) is 1. The molecule has 3 nitrogen and oxygen atoms in total. The summed E-state index contributed by atoms with van der Waals surface area (Å²) in [7, 11) is 0. The van der Waals surface area contributed by atoms with Gasteiger partial charge in [0.1, 0.15) is 5.82 Å². The average molecular weight is 253 g/mol. The summed E-state index contributed by atoms with van der Waals surface area (Å²) >= 11 is 0. The van der Waals surface area contributed by atoms with Gasteiger partial charge in [0.05, 0.1) is 0 Å². The Morgan fingerprint density at radius 2 is 1.74 bits per heavy atom. The van der Waals surface area contributed by atoms with Crippen LogP contribution in [0.3, 0.4) is 0 Å². The third-order valence-corrected chi connectivity index (χ3v) is 3.85. The summed E-state index contributed by atoms with van der Waals surface area (Å²) in [6.07, 6.45) is 5.05. The van der Waals surface area contributed by atoms with E-state index in [0.29, 0.717) is 11.7 Å². The third kappa shape index (κ3) is 2.60. The van der Waals surface area contributed by atoms with Crippen LogP contribution in [-0.2, 0) is 0 Å². The molecule has 3 rings (SSSR count). The largest absolute Gasteiger partial charge is 0.384 e. The lowest BCUT2D eigenvalue weighted by Crippen LogP contribution is -2.03. The molecule has 19 heavy (non-hydrogen) atoms. The number of rotatable bonds is 2. The van der Waals surface area contributed by atoms with Gasteiger partial charge in [-0.1, -0.05) is 42.7 Å². The Hall–Kier alpha value is -1.90. The van der Waals surface area contributed by atoms with Gasteiger partial charge in [0.25, 0.3) is 0 Å². The highest BCUT2D eigenvalue weighted by Gasteiger charge is 2.19. The lowest BCUT2D eigenvalue weighted by atomic mass is 10.0. The second-order valence-electron chi connectivity index (χ2n) is 5.39. The van der Waals surface area contributed by atoms with Crippen LogP contribution in [0.25, 0.3) is 11.4 Å². The van der Waals surface area contributed by atoms with Gasteiger partial charge in [-0.2, -0.15) is 0 Å². The highest BCUT2D eigenvalue weighted by atomic mass is 14.9. The molecule has 1 fully saturated rings. The zero-order chi connectivity index (χ0) is 13.2. The van der Waals surface area contributed by atoms with Crippen LogP contribution in [0, 0.1) is 6.92 Å². The van der Waals surface area contributed by atoms with E-state index >= 15 is 0 Å². The van der Waals surface area contributed by atoms with Crippen LogP contribution in [0.2, 0.25) is 0 Å². The summed E-state index contributed by atoms with van der Waals surface area (Å²) in [6, 6.07) is 10.2. The molecule has 0 spiro atoms. The van der Waals surface area contributed by atoms with Gasteiger partial charge in [-0.25, -0.2) is 9.97 Å². The summed E-state index contributed by atoms with van der Waals surface area (Å²) in [5, 5.41) is 0. The van der Waals surface area contributed by atoms with Crippen LogP contribution >= 0.6 is 0 Å². The maximum absolute atomic E-state index is 5.94. The molecule has 1 aliphatic carbocycles. The molecule has 1 aromatic heterocycles. The van der Waals surface area contributed by atoms with Crippen molar-refractivity contribution in [3.05, 3.63) is 41.6 Å². The van der Waals surface area contributed by atoms with Crippen LogP contribution in [0.15, 0.2) is 30.3 Å². The molecule has 98 valence electrons. The summed E-state index contributed by atoms with van der Waals surface area (Å²) in [6.45, 7) is 2.08. The summed E-state index contributed by atoms with van der Waals surface area (Å²) in [5.74, 6) is 1.89. The molecule has 0 unspecified atom stereocenters. The average Bonchev–Trinajstić information content (AvgIpc) is 2.93. The van der Waals surface area contributed by atoms with E-state index < -0.39 is 0 Å². The molecule has 1 heterocycles. The normalized spacial score (nSPS) is 15.8. The highest BCUT2D eigenvalue weighted by Crippen LogP contribution is 2.34. The molecular formula is C16H19N3. The predicted molar refractivity (Wildman–Crippen MR) is 77.8 cm³/mol. The minimum atomic E-state index is 0.564. The van der Waals surface area contributed by atoms with Gasteiger partial charge in [0.15, 0.2) is 5.82 Å². The van der Waals surface area contributed by atoms with Crippen molar-refractivity contribution in [1.82, 2.24) is 9.97 Å². The van der Waals surface area contributed by atoms with Crippen molar-refractivity contribution < 1.29 is 0 Å². The summed E-state index contributed by atoms with van der Waals surface area (Å²) in [5.41, 5.74) is 9.33. The van der Waals surface area contributed by atoms with Crippen molar-refractivity contribution in [2.75, 3.05) is 5.73 Å². The van der Waals surface area contributed by atoms with E-state index in [1.54, 1.807) is 0 Å². The number of aryl methyl sites for hydroxylation is 1. The van der Waals surface area contributed by atoms with Crippen molar-refractivity contribution in [3.63, 3.8) is 0 Å². The van der Waals surface area contributed by atoms with E-state index in [1.165, 1.54) is 31.2 Å². The number of hydrogen-bond donors (Lipinski definition) is 1. The first-order valence-corrected chi connectivity index (χ1v) is 6.94. The van der Waals surface area contributed by atoms with Gasteiger partial charge in [0, 0.05) is 23.2 Å². The standard InChI is InChI=1S/C16H19N3/c1-11-6-8-13(9-7-11)16-18-14(10-15(17)19-16)12-4-2-3-5-12/h6-10,12H,2-5H2,1H3,(H2,17,18,19). The molecule has 0 aliphatic heterocycles. The predicted octanol–water partition coefficient (Wildman–Crippen LogP) is 3.69. The van der Waals surface area contributed by atoms with E-state index in [-0.39, 0.29) is 0 Å². The van der Waals surface area contributed by atoms with Crippen molar-refractivity contribution in [3.8, 4) is 11.4 Å². The van der Waals surface area contributed by atoms with E-state index in [1.807, 2.05) is 6.07 Å². The zero-order valence-corrected chi connectivity index (χ0v) is 11.3. The van der Waals surface area contributed by atoms with Gasteiger partial charge >= 0.3 is 0 Å². The molecule has 0 amide bonds. The third-order valence-electron chi connectivity index (χ3n) is 3.85. The van der Waals surface area contributed by atoms with Crippen molar-refractivity contribution in [2.24, 2.45) is 0 Å². The maximum Gasteiger partial charge on any atom is 0.161 e. The van der Waals surface area contributed by atoms with Crippen molar-refractivity contribution in [2.45, 2.75) is 38.5 Å². The molecule has 1 aliphatic rings. The number of aromatic nitrogens is 2. The molecule has 0 bridgehead atoms. The van der Waals surface area contributed by atoms with Gasteiger partial charge in [-0.05, 0) is 19.8 Å². The Bertz CT molecular complexity index is 569. The minimum Gasteiger partial charge on any atom is -0.384 e. The maximum atomic E-state index is 5.94. The minimum absolute atomic E-state index is 0.564. The van der Waals surface area contributed by atoms with Crippen LogP contribution in [0.5, 0.6) is 0 Å². The first kappa shape index (κ1) is 12.2. The molecule has 0 atom stereocenters. The van der Waals surface area contributed by atoms with Gasteiger partial charge in [-0.3, -0.25) is 0 Å². The van der Waals surface area contributed by atoms with E-state index in [9.17, 15) is 0 Å². The van der Waals surface area contributed by atoms with Crippen LogP contribution in [-0.4, -0.2) is 9.97 Å². The molecule has 3 heteroatoms. The molecule has 0 radical (unpaired) electrons. The summed E-state index contributed by atoms with van der Waals surface area (Å²) in [4.78, 5) is 9.10. The SMILES string of the molecule is Cc1ccc(-c2nc(N)cc(C3CCCC3)n2)cc1. The smallest absolute Gasteiger partial charge is 0.161 e. The fraction of sp³-hybridized carbons (Fsp3) is 0.375. The first-order valence-electron chi connectivity index (χ1n) is 6.94. The topological polar surface area (TPSA) is 51.8 Å². The van der Waals surface area contributed by atoms with E-state index in [4.69, 9.17) is 10.7 Å². The Morgan fingerprint density at radius 3 is 2.42 bits per heavy atom. The van der Waals surface area contributed by atoms with Gasteiger partial charge < -0.3 is 5.73 Å². The van der Waals surface area contributed by atoms with Crippen molar-refractivity contribution in [1.29, 1.82) is 0 Å². The summed E-state index contributed by atoms with van der Waals surface area (Å²) < 4.78 is 0. The highest BCUT2D eigenvalue weighted by molar-refractivity contribution is 5.57. The number of nitrogen functional groups attached to an aromatic ring is 1. The fourth-order valence-corrected chi connectivity index (χ4v) is 2.75. The lowest BCUT2D eigenvalue weighted by Gasteiger charge is -2.11. The number of nitrogens with zero attached hydrogens (tertiary/aromatic N) is 2. The second-order valence-corrected chi connectivity index (χ2v) is 5.39. The molecule has 2 N–H and O–H groups in total. The Morgan fingerprint density at radius 1 is 1.05 bits per heavy atom. The Kier molecular flexibility index (Phi) is 3.20. The number of anilines is 1. The van der Waals surface area contributed by atoms with E-state index in [2.05, 4.69) is 36.2 Å². The van der Waals surface area contributed by atoms with Crippen LogP contribution in [0.4, 0.5) is 5.82 Å². The number of benzene rings is 1. The second kappa shape index (κ2) is 5.00. The monoisotopic (exact) mass is 253 g/mol. The lowest BCUT2D eigenvalue weighted by molar-refractivity contribution is 0.696. The molecule has 1 saturated carbocycles. The van der Waals surface area contributed by atoms with E-state index in [0.717, 1.165) is 17.1 Å². The van der Waals surface area contributed by atoms with Gasteiger partial charge in [0.2, 0.25) is 0 Å². The molecular weight excluding hydrogens is 234 g/mol. The fourth-order valence-electron chi connectivity index (χ4n) is 2.75. The Balaban J connectivity index is 1.99. The zero-order valence-electron chi connectivity index (χ0n) is 11.3. The van der Waals surface area contributed by atoms with Crippen molar-refractivity contribution >= 4 is 5.82 Å². The Labute approximate surface area is 113 Å². The van der Waals surface area contributed by atoms with Crippen LogP contribution < -0.4 is 5.73 Å². The quantitative estimate of drug-likeness (QED) is 0.888. The number of hydrogen-bond acceptors (Lipinski definition) is 3. The molecule has 2 aromatic rings.